The summed E-state index contributed by atoms with van der Waals surface area (Å²) < 4.78 is 10.9. The molecular weight excluding hydrogens is 394 g/mol. The Labute approximate surface area is 170 Å². The van der Waals surface area contributed by atoms with Gasteiger partial charge in [0.05, 0.1) is 17.2 Å². The molecule has 0 bridgehead atoms. The van der Waals surface area contributed by atoms with E-state index in [1.54, 1.807) is 37.5 Å². The Balaban J connectivity index is 1.56. The van der Waals surface area contributed by atoms with Gasteiger partial charge in [-0.15, -0.1) is 11.3 Å². The van der Waals surface area contributed by atoms with Crippen molar-refractivity contribution in [3.05, 3.63) is 80.4 Å². The van der Waals surface area contributed by atoms with Crippen LogP contribution >= 0.6 is 11.3 Å². The van der Waals surface area contributed by atoms with Gasteiger partial charge in [0.25, 0.3) is 5.91 Å². The lowest BCUT2D eigenvalue weighted by Gasteiger charge is -2.20. The van der Waals surface area contributed by atoms with Crippen molar-refractivity contribution in [2.45, 2.75) is 19.4 Å². The third-order valence-corrected chi connectivity index (χ3v) is 5.48. The highest BCUT2D eigenvalue weighted by Crippen LogP contribution is 2.35. The van der Waals surface area contributed by atoms with E-state index in [9.17, 15) is 14.9 Å². The summed E-state index contributed by atoms with van der Waals surface area (Å²) in [6, 6.07) is 11.7. The van der Waals surface area contributed by atoms with Crippen LogP contribution in [0.4, 0.5) is 5.69 Å². The van der Waals surface area contributed by atoms with Crippen molar-refractivity contribution in [1.29, 1.82) is 0 Å². The monoisotopic (exact) mass is 411 g/mol. The largest absolute Gasteiger partial charge is 0.477 e. The zero-order valence-electron chi connectivity index (χ0n) is 15.5. The minimum absolute atomic E-state index is 0.0606. The Morgan fingerprint density at radius 2 is 2.24 bits per heavy atom. The van der Waals surface area contributed by atoms with Crippen molar-refractivity contribution in [3.8, 4) is 5.75 Å². The van der Waals surface area contributed by atoms with E-state index in [0.29, 0.717) is 17.9 Å². The molecular formula is C20H17N3O5S. The molecule has 8 nitrogen and oxygen atoms in total. The number of thiophene rings is 1. The van der Waals surface area contributed by atoms with Gasteiger partial charge in [0.2, 0.25) is 0 Å². The standard InChI is InChI=1S/C20H17N3O5S/c1-13-6-7-15(23(25)26)18(10-13)28-12-20(24)22-16(19-5-3-9-29-19)11-14(21-22)17-4-2-8-27-17/h2-10,16H,11-12H2,1H3. The molecule has 1 atom stereocenters. The number of furan rings is 1. The van der Waals surface area contributed by atoms with Crippen LogP contribution in [0.1, 0.15) is 28.7 Å². The van der Waals surface area contributed by atoms with Crippen molar-refractivity contribution >= 4 is 28.6 Å². The summed E-state index contributed by atoms with van der Waals surface area (Å²) in [5.41, 5.74) is 1.29. The van der Waals surface area contributed by atoms with Crippen LogP contribution in [-0.4, -0.2) is 28.2 Å². The number of hydrazone groups is 1. The number of aryl methyl sites for hydroxylation is 1. The normalized spacial score (nSPS) is 16.0. The van der Waals surface area contributed by atoms with E-state index >= 15 is 0 Å². The van der Waals surface area contributed by atoms with Crippen LogP contribution < -0.4 is 4.74 Å². The first-order valence-electron chi connectivity index (χ1n) is 8.87. The molecule has 0 N–H and O–H groups in total. The number of hydrogen-bond donors (Lipinski definition) is 0. The van der Waals surface area contributed by atoms with Gasteiger partial charge in [0.1, 0.15) is 11.5 Å². The van der Waals surface area contributed by atoms with Crippen LogP contribution in [0.3, 0.4) is 0 Å². The summed E-state index contributed by atoms with van der Waals surface area (Å²) in [5, 5.41) is 19.0. The first-order valence-corrected chi connectivity index (χ1v) is 9.75. The molecule has 3 heterocycles. The Bertz CT molecular complexity index is 1060. The minimum atomic E-state index is -0.531. The molecule has 9 heteroatoms. The maximum Gasteiger partial charge on any atom is 0.310 e. The third kappa shape index (κ3) is 3.90. The summed E-state index contributed by atoms with van der Waals surface area (Å²) in [5.74, 6) is 0.281. The summed E-state index contributed by atoms with van der Waals surface area (Å²) in [4.78, 5) is 24.6. The predicted molar refractivity (Wildman–Crippen MR) is 107 cm³/mol. The fourth-order valence-corrected chi connectivity index (χ4v) is 3.94. The van der Waals surface area contributed by atoms with Gasteiger partial charge in [-0.2, -0.15) is 5.10 Å². The second-order valence-electron chi connectivity index (χ2n) is 6.51. The lowest BCUT2D eigenvalue weighted by molar-refractivity contribution is -0.385. The number of nitrogens with zero attached hydrogens (tertiary/aromatic N) is 3. The Kier molecular flexibility index (Phi) is 5.13. The Hall–Kier alpha value is -3.46. The smallest absolute Gasteiger partial charge is 0.310 e. The average molecular weight is 411 g/mol. The minimum Gasteiger partial charge on any atom is -0.477 e. The van der Waals surface area contributed by atoms with E-state index in [4.69, 9.17) is 9.15 Å². The fourth-order valence-electron chi connectivity index (χ4n) is 3.13. The fraction of sp³-hybridized carbons (Fsp3) is 0.200. The van der Waals surface area contributed by atoms with E-state index in [1.165, 1.54) is 22.4 Å². The number of benzene rings is 1. The molecule has 1 aliphatic rings. The van der Waals surface area contributed by atoms with E-state index in [1.807, 2.05) is 17.5 Å². The van der Waals surface area contributed by atoms with Gasteiger partial charge in [-0.05, 0) is 42.1 Å². The van der Waals surface area contributed by atoms with E-state index in [-0.39, 0.29) is 30.0 Å². The van der Waals surface area contributed by atoms with Crippen LogP contribution in [0.5, 0.6) is 5.75 Å². The first-order chi connectivity index (χ1) is 14.0. The zero-order valence-corrected chi connectivity index (χ0v) is 16.3. The quantitative estimate of drug-likeness (QED) is 0.444. The SMILES string of the molecule is Cc1ccc([N+](=O)[O-])c(OCC(=O)N2N=C(c3ccco3)CC2c2cccs2)c1. The van der Waals surface area contributed by atoms with Crippen LogP contribution in [0, 0.1) is 17.0 Å². The van der Waals surface area contributed by atoms with E-state index in [2.05, 4.69) is 5.10 Å². The lowest BCUT2D eigenvalue weighted by atomic mass is 10.1. The van der Waals surface area contributed by atoms with Crippen molar-refractivity contribution in [2.24, 2.45) is 5.10 Å². The molecule has 1 unspecified atom stereocenters. The second kappa shape index (κ2) is 7.88. The van der Waals surface area contributed by atoms with Crippen molar-refractivity contribution in [1.82, 2.24) is 5.01 Å². The van der Waals surface area contributed by atoms with Crippen LogP contribution in [0.2, 0.25) is 0 Å². The summed E-state index contributed by atoms with van der Waals surface area (Å²) >= 11 is 1.54. The molecule has 1 aliphatic heterocycles. The lowest BCUT2D eigenvalue weighted by Crippen LogP contribution is -2.31. The van der Waals surface area contributed by atoms with Gasteiger partial charge in [-0.25, -0.2) is 5.01 Å². The summed E-state index contributed by atoms with van der Waals surface area (Å²) in [6.45, 7) is 1.44. The van der Waals surface area contributed by atoms with Crippen LogP contribution in [-0.2, 0) is 4.79 Å². The molecule has 0 saturated carbocycles. The maximum absolute atomic E-state index is 12.9. The Morgan fingerprint density at radius 1 is 1.38 bits per heavy atom. The van der Waals surface area contributed by atoms with E-state index < -0.39 is 4.92 Å². The van der Waals surface area contributed by atoms with Crippen molar-refractivity contribution in [3.63, 3.8) is 0 Å². The van der Waals surface area contributed by atoms with Crippen molar-refractivity contribution in [2.75, 3.05) is 6.61 Å². The maximum atomic E-state index is 12.9. The van der Waals surface area contributed by atoms with Gasteiger partial charge in [-0.1, -0.05) is 12.1 Å². The topological polar surface area (TPSA) is 98.2 Å². The molecule has 1 amide bonds. The number of nitro groups is 1. The number of hydrogen-bond acceptors (Lipinski definition) is 7. The first kappa shape index (κ1) is 18.9. The molecule has 0 aliphatic carbocycles. The van der Waals surface area contributed by atoms with Gasteiger partial charge >= 0.3 is 5.69 Å². The van der Waals surface area contributed by atoms with Gasteiger partial charge < -0.3 is 9.15 Å². The molecule has 1 aromatic carbocycles. The summed E-state index contributed by atoms with van der Waals surface area (Å²) in [6.07, 6.45) is 2.08. The second-order valence-corrected chi connectivity index (χ2v) is 7.49. The molecule has 3 aromatic rings. The number of carbonyl (C=O) groups excluding carboxylic acids is 1. The zero-order chi connectivity index (χ0) is 20.4. The predicted octanol–water partition coefficient (Wildman–Crippen LogP) is 4.31. The molecule has 0 spiro atoms. The molecule has 148 valence electrons. The molecule has 2 aromatic heterocycles. The molecule has 0 saturated heterocycles. The number of nitro benzene ring substituents is 1. The highest BCUT2D eigenvalue weighted by molar-refractivity contribution is 7.10. The van der Waals surface area contributed by atoms with Gasteiger partial charge in [0.15, 0.2) is 12.4 Å². The van der Waals surface area contributed by atoms with Crippen LogP contribution in [0.15, 0.2) is 63.6 Å². The van der Waals surface area contributed by atoms with Gasteiger partial charge in [-0.3, -0.25) is 14.9 Å². The van der Waals surface area contributed by atoms with Gasteiger partial charge in [0, 0.05) is 17.4 Å². The number of ether oxygens (including phenoxy) is 1. The number of amides is 1. The van der Waals surface area contributed by atoms with E-state index in [0.717, 1.165) is 10.4 Å². The molecule has 29 heavy (non-hydrogen) atoms. The average Bonchev–Trinajstić information content (AvgIpc) is 3.46. The third-order valence-electron chi connectivity index (χ3n) is 4.51. The molecule has 0 radical (unpaired) electrons. The Morgan fingerprint density at radius 3 is 2.93 bits per heavy atom. The summed E-state index contributed by atoms with van der Waals surface area (Å²) in [7, 11) is 0. The number of rotatable bonds is 6. The molecule has 4 rings (SSSR count). The van der Waals surface area contributed by atoms with Crippen molar-refractivity contribution < 1.29 is 18.9 Å². The number of carbonyl (C=O) groups is 1. The highest BCUT2D eigenvalue weighted by atomic mass is 32.1. The van der Waals surface area contributed by atoms with Crippen LogP contribution in [0.25, 0.3) is 0 Å². The highest BCUT2D eigenvalue weighted by Gasteiger charge is 2.35. The molecule has 0 fully saturated rings.